The minimum Gasteiger partial charge on any atom is -1.00 e. The van der Waals surface area contributed by atoms with Gasteiger partial charge < -0.3 is 24.8 Å². The summed E-state index contributed by atoms with van der Waals surface area (Å²) in [7, 11) is 0. The fraction of sp³-hybridized carbons (Fsp3) is 0.545. The fourth-order valence-corrected chi connectivity index (χ4v) is 1.13. The Labute approximate surface area is 122 Å². The molecule has 1 aromatic carbocycles. The number of hydrogen-bond acceptors (Lipinski definition) is 0. The predicted octanol–water partition coefficient (Wildman–Crippen LogP) is -2.57. The SMILES string of the molecule is C[Si](C)=[Zr+2].Cc1c[c-](C)c(C)c1C.[Cl-].[Cl-]. The van der Waals surface area contributed by atoms with Crippen LogP contribution in [-0.2, 0) is 23.3 Å². The van der Waals surface area contributed by atoms with Gasteiger partial charge in [0.25, 0.3) is 0 Å². The van der Waals surface area contributed by atoms with Crippen LogP contribution >= 0.6 is 0 Å². The molecule has 0 unspecified atom stereocenters. The fourth-order valence-electron chi connectivity index (χ4n) is 1.13. The molecule has 0 atom stereocenters. The van der Waals surface area contributed by atoms with Crippen LogP contribution in [-0.4, -0.2) is 5.43 Å². The summed E-state index contributed by atoms with van der Waals surface area (Å²) in [5.41, 5.74) is 5.96. The quantitative estimate of drug-likeness (QED) is 0.360. The molecule has 1 aromatic rings. The van der Waals surface area contributed by atoms with Crippen LogP contribution in [0, 0.1) is 27.7 Å². The van der Waals surface area contributed by atoms with Crippen LogP contribution in [0.2, 0.25) is 13.1 Å². The van der Waals surface area contributed by atoms with Crippen molar-refractivity contribution in [2.24, 2.45) is 0 Å². The molecule has 0 nitrogen and oxygen atoms in total. The van der Waals surface area contributed by atoms with Crippen LogP contribution < -0.4 is 24.8 Å². The summed E-state index contributed by atoms with van der Waals surface area (Å²) in [6.07, 6.45) is 0. The molecule has 86 valence electrons. The van der Waals surface area contributed by atoms with E-state index in [0.29, 0.717) is 0 Å². The summed E-state index contributed by atoms with van der Waals surface area (Å²) >= 11 is 1.74. The molecule has 0 bridgehead atoms. The Morgan fingerprint density at radius 1 is 1.13 bits per heavy atom. The molecule has 0 heterocycles. The van der Waals surface area contributed by atoms with Crippen LogP contribution in [0.1, 0.15) is 22.3 Å². The topological polar surface area (TPSA) is 0 Å². The third kappa shape index (κ3) is 8.80. The number of rotatable bonds is 0. The van der Waals surface area contributed by atoms with E-state index in [0.717, 1.165) is 0 Å². The van der Waals surface area contributed by atoms with Gasteiger partial charge in [-0.25, -0.2) is 0 Å². The van der Waals surface area contributed by atoms with Crippen molar-refractivity contribution in [3.05, 3.63) is 28.3 Å². The minimum absolute atomic E-state index is 0. The van der Waals surface area contributed by atoms with Gasteiger partial charge in [0, 0.05) is 0 Å². The molecule has 1 rings (SSSR count). The van der Waals surface area contributed by atoms with Gasteiger partial charge in [0.1, 0.15) is 0 Å². The Bertz CT molecular complexity index is 279. The first-order valence-electron chi connectivity index (χ1n) is 4.58. The summed E-state index contributed by atoms with van der Waals surface area (Å²) in [5.74, 6) is 0. The Morgan fingerprint density at radius 3 is 1.53 bits per heavy atom. The van der Waals surface area contributed by atoms with Crippen LogP contribution in [0.25, 0.3) is 0 Å². The van der Waals surface area contributed by atoms with Gasteiger partial charge in [0.15, 0.2) is 0 Å². The van der Waals surface area contributed by atoms with E-state index >= 15 is 0 Å². The molecule has 0 aliphatic rings. The van der Waals surface area contributed by atoms with E-state index in [1.807, 2.05) is 0 Å². The zero-order valence-electron chi connectivity index (χ0n) is 10.3. The van der Waals surface area contributed by atoms with E-state index in [9.17, 15) is 0 Å². The van der Waals surface area contributed by atoms with E-state index in [2.05, 4.69) is 46.9 Å². The zero-order chi connectivity index (χ0) is 10.6. The maximum Gasteiger partial charge on any atom is -0.0630 e. The van der Waals surface area contributed by atoms with Gasteiger partial charge in [0.05, 0.1) is 0 Å². The van der Waals surface area contributed by atoms with Crippen molar-refractivity contribution in [2.45, 2.75) is 40.8 Å². The second-order valence-electron chi connectivity index (χ2n) is 3.76. The van der Waals surface area contributed by atoms with Gasteiger partial charge in [-0.2, -0.15) is 28.3 Å². The van der Waals surface area contributed by atoms with E-state index in [-0.39, 0.29) is 30.2 Å². The van der Waals surface area contributed by atoms with Crippen molar-refractivity contribution in [1.29, 1.82) is 0 Å². The monoisotopic (exact) mass is 339 g/mol. The van der Waals surface area contributed by atoms with Crippen molar-refractivity contribution in [3.63, 3.8) is 0 Å². The van der Waals surface area contributed by atoms with Crippen molar-refractivity contribution >= 4 is 5.43 Å². The van der Waals surface area contributed by atoms with E-state index in [4.69, 9.17) is 0 Å². The summed E-state index contributed by atoms with van der Waals surface area (Å²) in [4.78, 5) is 0. The Morgan fingerprint density at radius 2 is 1.47 bits per heavy atom. The van der Waals surface area contributed by atoms with Crippen LogP contribution in [0.5, 0.6) is 0 Å². The van der Waals surface area contributed by atoms with Gasteiger partial charge in [-0.1, -0.05) is 27.7 Å². The largest absolute Gasteiger partial charge is 1.00 e. The summed E-state index contributed by atoms with van der Waals surface area (Å²) < 4.78 is 0. The molecule has 0 aliphatic heterocycles. The molecule has 0 radical (unpaired) electrons. The smallest absolute Gasteiger partial charge is 0.0630 e. The summed E-state index contributed by atoms with van der Waals surface area (Å²) in [5, 5.41) is 0. The first-order valence-corrected chi connectivity index (χ1v) is 10.8. The second-order valence-corrected chi connectivity index (χ2v) is 13.1. The Balaban J connectivity index is -0.000000213. The number of halogens is 2. The van der Waals surface area contributed by atoms with Crippen molar-refractivity contribution in [1.82, 2.24) is 0 Å². The Hall–Kier alpha value is 1.03. The average molecular weight is 341 g/mol. The summed E-state index contributed by atoms with van der Waals surface area (Å²) in [6.45, 7) is 13.3. The second kappa shape index (κ2) is 10.2. The molecule has 0 amide bonds. The molecule has 0 saturated carbocycles. The maximum absolute atomic E-state index is 2.31. The zero-order valence-corrected chi connectivity index (χ0v) is 15.3. The Kier molecular flexibility index (Phi) is 14.5. The van der Waals surface area contributed by atoms with Gasteiger partial charge in [-0.3, -0.25) is 0 Å². The van der Waals surface area contributed by atoms with Gasteiger partial charge in [-0.05, 0) is 0 Å². The van der Waals surface area contributed by atoms with E-state index < -0.39 is 0 Å². The molecular formula is C11H19Cl2SiZr-. The predicted molar refractivity (Wildman–Crippen MR) is 58.5 cm³/mol. The van der Waals surface area contributed by atoms with Crippen molar-refractivity contribution in [2.75, 3.05) is 0 Å². The number of aryl methyl sites for hydroxylation is 2. The molecule has 0 N–H and O–H groups in total. The van der Waals surface area contributed by atoms with Crippen molar-refractivity contribution in [3.8, 4) is 0 Å². The molecule has 0 fully saturated rings. The van der Waals surface area contributed by atoms with Crippen LogP contribution in [0.3, 0.4) is 0 Å². The van der Waals surface area contributed by atoms with E-state index in [1.54, 1.807) is 23.3 Å². The molecule has 0 spiro atoms. The molecule has 0 aliphatic carbocycles. The third-order valence-corrected chi connectivity index (χ3v) is 2.18. The third-order valence-electron chi connectivity index (χ3n) is 2.18. The average Bonchev–Trinajstić information content (AvgIpc) is 2.17. The first-order chi connectivity index (χ1) is 5.86. The van der Waals surface area contributed by atoms with E-state index in [1.165, 1.54) is 22.3 Å². The van der Waals surface area contributed by atoms with Gasteiger partial charge in [0.2, 0.25) is 0 Å². The molecule has 15 heavy (non-hydrogen) atoms. The van der Waals surface area contributed by atoms with Crippen LogP contribution in [0.15, 0.2) is 6.07 Å². The van der Waals surface area contributed by atoms with Crippen LogP contribution in [0.4, 0.5) is 0 Å². The summed E-state index contributed by atoms with van der Waals surface area (Å²) in [6, 6.07) is 2.24. The minimum atomic E-state index is 0. The molecule has 0 aromatic heterocycles. The molecular weight excluding hydrogens is 322 g/mol. The molecule has 4 heteroatoms. The first kappa shape index (κ1) is 21.3. The number of hydrogen-bond donors (Lipinski definition) is 0. The standard InChI is InChI=1S/C9H13.C2H6Si.2ClH.Zr/c1-6-5-7(2)9(4)8(6)3;1-3-2;;;/h5H,1-4H3;1-2H3;2*1H;/q-1;;;;+2/p-2. The van der Waals surface area contributed by atoms with Crippen molar-refractivity contribution < 1.29 is 48.1 Å². The van der Waals surface area contributed by atoms with Gasteiger partial charge in [-0.15, -0.1) is 0 Å². The molecule has 0 saturated heterocycles. The maximum atomic E-state index is 2.31. The van der Waals surface area contributed by atoms with Gasteiger partial charge >= 0.3 is 41.9 Å². The normalized spacial score (nSPS) is 8.00.